The maximum atomic E-state index is 5.69. The van der Waals surface area contributed by atoms with Crippen molar-refractivity contribution in [2.45, 2.75) is 13.0 Å². The molecule has 4 heteroatoms. The average Bonchev–Trinajstić information content (AvgIpc) is 2.49. The van der Waals surface area contributed by atoms with Gasteiger partial charge in [0.2, 0.25) is 0 Å². The number of hydrogen-bond donors (Lipinski definition) is 1. The maximum absolute atomic E-state index is 5.69. The van der Waals surface area contributed by atoms with Gasteiger partial charge < -0.3 is 5.73 Å². The highest BCUT2D eigenvalue weighted by Gasteiger charge is 2.01. The van der Waals surface area contributed by atoms with E-state index in [0.29, 0.717) is 0 Å². The van der Waals surface area contributed by atoms with Crippen molar-refractivity contribution in [3.05, 3.63) is 30.2 Å². The van der Waals surface area contributed by atoms with E-state index in [0.717, 1.165) is 11.2 Å². The molecule has 0 aromatic carbocycles. The predicted octanol–water partition coefficient (Wildman–Crippen LogP) is 0.749. The highest BCUT2D eigenvalue weighted by atomic mass is 15.2. The second kappa shape index (κ2) is 2.57. The van der Waals surface area contributed by atoms with Gasteiger partial charge in [-0.2, -0.15) is 5.10 Å². The zero-order chi connectivity index (χ0) is 8.55. The molecule has 0 aliphatic rings. The Kier molecular flexibility index (Phi) is 1.55. The Hall–Kier alpha value is -1.42. The number of nitrogens with two attached hydrogens (primary N) is 1. The molecule has 62 valence electrons. The molecule has 0 aliphatic heterocycles. The lowest BCUT2D eigenvalue weighted by atomic mass is 10.2. The smallest absolute Gasteiger partial charge is 0.154 e. The van der Waals surface area contributed by atoms with Crippen molar-refractivity contribution in [2.75, 3.05) is 0 Å². The number of hydrogen-bond acceptors (Lipinski definition) is 3. The van der Waals surface area contributed by atoms with Crippen LogP contribution in [0.1, 0.15) is 18.5 Å². The Morgan fingerprint density at radius 3 is 3.17 bits per heavy atom. The summed E-state index contributed by atoms with van der Waals surface area (Å²) in [5, 5.41) is 4.06. The topological polar surface area (TPSA) is 56.2 Å². The van der Waals surface area contributed by atoms with Crippen LogP contribution in [-0.2, 0) is 0 Å². The summed E-state index contributed by atoms with van der Waals surface area (Å²) in [6, 6.07) is 1.86. The second-order valence-corrected chi connectivity index (χ2v) is 2.81. The van der Waals surface area contributed by atoms with Gasteiger partial charge in [0, 0.05) is 30.1 Å². The van der Waals surface area contributed by atoms with Crippen molar-refractivity contribution in [3.8, 4) is 0 Å². The molecular weight excluding hydrogens is 152 g/mol. The average molecular weight is 162 g/mol. The van der Waals surface area contributed by atoms with Crippen LogP contribution < -0.4 is 5.73 Å². The first-order valence-electron chi connectivity index (χ1n) is 3.82. The van der Waals surface area contributed by atoms with E-state index >= 15 is 0 Å². The van der Waals surface area contributed by atoms with E-state index in [9.17, 15) is 0 Å². The fourth-order valence-corrected chi connectivity index (χ4v) is 1.06. The minimum absolute atomic E-state index is 0.00565. The van der Waals surface area contributed by atoms with E-state index in [1.54, 1.807) is 16.9 Å². The highest BCUT2D eigenvalue weighted by Crippen LogP contribution is 2.07. The van der Waals surface area contributed by atoms with Crippen LogP contribution in [0.3, 0.4) is 0 Å². The van der Waals surface area contributed by atoms with Crippen LogP contribution in [0.5, 0.6) is 0 Å². The van der Waals surface area contributed by atoms with Gasteiger partial charge in [0.15, 0.2) is 5.65 Å². The Bertz CT molecular complexity index is 391. The number of fused-ring (bicyclic) bond motifs is 1. The Balaban J connectivity index is 2.60. The van der Waals surface area contributed by atoms with Crippen LogP contribution in [0.2, 0.25) is 0 Å². The molecule has 0 bridgehead atoms. The molecule has 0 saturated carbocycles. The maximum Gasteiger partial charge on any atom is 0.154 e. The zero-order valence-corrected chi connectivity index (χ0v) is 6.81. The van der Waals surface area contributed by atoms with Crippen LogP contribution in [0.25, 0.3) is 5.65 Å². The van der Waals surface area contributed by atoms with Crippen molar-refractivity contribution in [1.82, 2.24) is 14.6 Å². The van der Waals surface area contributed by atoms with Crippen LogP contribution in [0.15, 0.2) is 24.7 Å². The molecule has 0 spiro atoms. The number of rotatable bonds is 1. The summed E-state index contributed by atoms with van der Waals surface area (Å²) in [6.45, 7) is 1.92. The van der Waals surface area contributed by atoms with Crippen molar-refractivity contribution in [3.63, 3.8) is 0 Å². The minimum atomic E-state index is 0.00565. The summed E-state index contributed by atoms with van der Waals surface area (Å²) in [7, 11) is 0. The molecule has 2 aromatic heterocycles. The summed E-state index contributed by atoms with van der Waals surface area (Å²) in [5.41, 5.74) is 7.53. The molecule has 0 radical (unpaired) electrons. The van der Waals surface area contributed by atoms with Gasteiger partial charge in [-0.15, -0.1) is 0 Å². The first-order valence-corrected chi connectivity index (χ1v) is 3.82. The van der Waals surface area contributed by atoms with Crippen molar-refractivity contribution < 1.29 is 0 Å². The Morgan fingerprint density at radius 2 is 2.42 bits per heavy atom. The summed E-state index contributed by atoms with van der Waals surface area (Å²) < 4.78 is 1.72. The van der Waals surface area contributed by atoms with Gasteiger partial charge in [0.25, 0.3) is 0 Å². The van der Waals surface area contributed by atoms with E-state index in [1.165, 1.54) is 0 Å². The fraction of sp³-hybridized carbons (Fsp3) is 0.250. The standard InChI is InChI=1S/C8H10N4/c1-6(9)7-4-10-8-2-3-11-12(8)5-7/h2-6H,9H2,1H3. The monoisotopic (exact) mass is 162 g/mol. The summed E-state index contributed by atoms with van der Waals surface area (Å²) >= 11 is 0. The molecule has 2 N–H and O–H groups in total. The van der Waals surface area contributed by atoms with Gasteiger partial charge >= 0.3 is 0 Å². The lowest BCUT2D eigenvalue weighted by molar-refractivity contribution is 0.786. The van der Waals surface area contributed by atoms with Crippen LogP contribution >= 0.6 is 0 Å². The zero-order valence-electron chi connectivity index (χ0n) is 6.81. The third kappa shape index (κ3) is 1.06. The molecule has 4 nitrogen and oxygen atoms in total. The van der Waals surface area contributed by atoms with E-state index in [4.69, 9.17) is 5.73 Å². The summed E-state index contributed by atoms with van der Waals surface area (Å²) in [5.74, 6) is 0. The molecule has 2 heterocycles. The first-order chi connectivity index (χ1) is 5.77. The molecule has 1 unspecified atom stereocenters. The van der Waals surface area contributed by atoms with Gasteiger partial charge in [-0.1, -0.05) is 0 Å². The minimum Gasteiger partial charge on any atom is -0.324 e. The quantitative estimate of drug-likeness (QED) is 0.673. The molecular formula is C8H10N4. The molecule has 0 amide bonds. The molecule has 0 aliphatic carbocycles. The first kappa shape index (κ1) is 7.24. The largest absolute Gasteiger partial charge is 0.324 e. The third-order valence-electron chi connectivity index (χ3n) is 1.79. The van der Waals surface area contributed by atoms with Gasteiger partial charge in [0.05, 0.1) is 6.20 Å². The summed E-state index contributed by atoms with van der Waals surface area (Å²) in [4.78, 5) is 4.18. The molecule has 0 fully saturated rings. The van der Waals surface area contributed by atoms with Gasteiger partial charge in [-0.25, -0.2) is 9.50 Å². The third-order valence-corrected chi connectivity index (χ3v) is 1.79. The van der Waals surface area contributed by atoms with Crippen LogP contribution in [0.4, 0.5) is 0 Å². The molecule has 2 aromatic rings. The Morgan fingerprint density at radius 1 is 1.58 bits per heavy atom. The molecule has 1 atom stereocenters. The summed E-state index contributed by atoms with van der Waals surface area (Å²) in [6.07, 6.45) is 5.39. The van der Waals surface area contributed by atoms with E-state index in [-0.39, 0.29) is 6.04 Å². The van der Waals surface area contributed by atoms with E-state index < -0.39 is 0 Å². The molecule has 2 rings (SSSR count). The number of aromatic nitrogens is 3. The Labute approximate surface area is 70.0 Å². The van der Waals surface area contributed by atoms with Gasteiger partial charge in [-0.3, -0.25) is 0 Å². The van der Waals surface area contributed by atoms with E-state index in [2.05, 4.69) is 10.1 Å². The second-order valence-electron chi connectivity index (χ2n) is 2.81. The SMILES string of the molecule is CC(N)c1cnc2ccnn2c1. The van der Waals surface area contributed by atoms with Crippen LogP contribution in [-0.4, -0.2) is 14.6 Å². The molecule has 12 heavy (non-hydrogen) atoms. The van der Waals surface area contributed by atoms with Gasteiger partial charge in [0.1, 0.15) is 0 Å². The molecule has 0 saturated heterocycles. The van der Waals surface area contributed by atoms with E-state index in [1.807, 2.05) is 19.2 Å². The highest BCUT2D eigenvalue weighted by molar-refractivity contribution is 5.36. The van der Waals surface area contributed by atoms with Crippen molar-refractivity contribution in [1.29, 1.82) is 0 Å². The fourth-order valence-electron chi connectivity index (χ4n) is 1.06. The van der Waals surface area contributed by atoms with Crippen molar-refractivity contribution in [2.24, 2.45) is 5.73 Å². The predicted molar refractivity (Wildman–Crippen MR) is 45.6 cm³/mol. The van der Waals surface area contributed by atoms with Gasteiger partial charge in [-0.05, 0) is 6.92 Å². The normalized spacial score (nSPS) is 13.5. The lowest BCUT2D eigenvalue weighted by Gasteiger charge is -2.03. The number of nitrogens with zero attached hydrogens (tertiary/aromatic N) is 3. The lowest BCUT2D eigenvalue weighted by Crippen LogP contribution is -2.07. The van der Waals surface area contributed by atoms with Crippen LogP contribution in [0, 0.1) is 0 Å². The van der Waals surface area contributed by atoms with Crippen molar-refractivity contribution >= 4 is 5.65 Å².